The Hall–Kier alpha value is -0.900. The monoisotopic (exact) mass is 512 g/mol. The molecule has 0 saturated heterocycles. The SMILES string of the molecule is CCC/C=C\CCCCCSCC(=O)OCC(COP(=O)(O)OCC[N+](C)(C)C)OC(C)=O. The zero-order valence-electron chi connectivity index (χ0n) is 20.8. The Kier molecular flexibility index (Phi) is 17.9. The van der Waals surface area contributed by atoms with Gasteiger partial charge in [0, 0.05) is 6.92 Å². The summed E-state index contributed by atoms with van der Waals surface area (Å²) in [7, 11) is 1.45. The van der Waals surface area contributed by atoms with E-state index in [1.165, 1.54) is 25.1 Å². The molecule has 0 bridgehead atoms. The van der Waals surface area contributed by atoms with Crippen LogP contribution < -0.4 is 0 Å². The molecule has 0 aromatic heterocycles. The minimum absolute atomic E-state index is 0.0251. The third-order valence-electron chi connectivity index (χ3n) is 4.20. The highest BCUT2D eigenvalue weighted by atomic mass is 32.2. The van der Waals surface area contributed by atoms with Gasteiger partial charge in [0.2, 0.25) is 0 Å². The molecule has 0 heterocycles. The van der Waals surface area contributed by atoms with Crippen molar-refractivity contribution in [3.05, 3.63) is 12.2 Å². The van der Waals surface area contributed by atoms with Crippen LogP contribution in [0.15, 0.2) is 12.2 Å². The summed E-state index contributed by atoms with van der Waals surface area (Å²) in [6.45, 7) is 3.20. The van der Waals surface area contributed by atoms with Gasteiger partial charge in [0.05, 0.1) is 33.5 Å². The van der Waals surface area contributed by atoms with E-state index in [0.29, 0.717) is 11.0 Å². The molecule has 9 nitrogen and oxygen atoms in total. The van der Waals surface area contributed by atoms with Crippen molar-refractivity contribution in [3.8, 4) is 0 Å². The van der Waals surface area contributed by atoms with E-state index in [0.717, 1.165) is 37.9 Å². The maximum Gasteiger partial charge on any atom is 0.472 e. The zero-order valence-corrected chi connectivity index (χ0v) is 22.5. The summed E-state index contributed by atoms with van der Waals surface area (Å²) in [6.07, 6.45) is 10.1. The first-order valence-electron chi connectivity index (χ1n) is 11.4. The van der Waals surface area contributed by atoms with Crippen LogP contribution in [0.3, 0.4) is 0 Å². The Morgan fingerprint density at radius 2 is 1.76 bits per heavy atom. The second-order valence-electron chi connectivity index (χ2n) is 8.69. The minimum atomic E-state index is -4.31. The van der Waals surface area contributed by atoms with E-state index in [1.54, 1.807) is 0 Å². The third kappa shape index (κ3) is 22.6. The smallest absolute Gasteiger partial charge is 0.461 e. The lowest BCUT2D eigenvalue weighted by molar-refractivity contribution is -0.870. The van der Waals surface area contributed by atoms with Crippen molar-refractivity contribution >= 4 is 31.5 Å². The molecule has 1 N–H and O–H groups in total. The number of phosphoric acid groups is 1. The van der Waals surface area contributed by atoms with Crippen molar-refractivity contribution < 1.29 is 42.1 Å². The van der Waals surface area contributed by atoms with Gasteiger partial charge in [-0.05, 0) is 31.4 Å². The molecule has 2 unspecified atom stereocenters. The van der Waals surface area contributed by atoms with Gasteiger partial charge >= 0.3 is 19.8 Å². The summed E-state index contributed by atoms with van der Waals surface area (Å²) >= 11 is 1.49. The summed E-state index contributed by atoms with van der Waals surface area (Å²) in [5.41, 5.74) is 0. The first-order valence-corrected chi connectivity index (χ1v) is 14.1. The molecule has 0 aromatic carbocycles. The number of carbonyl (C=O) groups excluding carboxylic acids is 2. The number of likely N-dealkylation sites (N-methyl/N-ethyl adjacent to an activating group) is 1. The molecule has 0 fully saturated rings. The van der Waals surface area contributed by atoms with Crippen LogP contribution in [0.5, 0.6) is 0 Å². The van der Waals surface area contributed by atoms with Crippen molar-refractivity contribution in [2.45, 2.75) is 58.5 Å². The second-order valence-corrected chi connectivity index (χ2v) is 11.2. The fourth-order valence-electron chi connectivity index (χ4n) is 2.42. The number of thioether (sulfide) groups is 1. The van der Waals surface area contributed by atoms with Gasteiger partial charge in [-0.1, -0.05) is 31.9 Å². The van der Waals surface area contributed by atoms with E-state index < -0.39 is 32.5 Å². The van der Waals surface area contributed by atoms with E-state index in [9.17, 15) is 19.0 Å². The molecule has 33 heavy (non-hydrogen) atoms. The van der Waals surface area contributed by atoms with Gasteiger partial charge in [0.15, 0.2) is 6.10 Å². The maximum atomic E-state index is 12.0. The average molecular weight is 513 g/mol. The number of hydrogen-bond acceptors (Lipinski definition) is 8. The number of unbranched alkanes of at least 4 members (excludes halogenated alkanes) is 4. The third-order valence-corrected chi connectivity index (χ3v) is 6.21. The molecule has 0 rings (SSSR count). The van der Waals surface area contributed by atoms with Gasteiger partial charge in [0.25, 0.3) is 0 Å². The molecule has 11 heteroatoms. The lowest BCUT2D eigenvalue weighted by Crippen LogP contribution is -2.37. The Bertz CT molecular complexity index is 624. The predicted octanol–water partition coefficient (Wildman–Crippen LogP) is 3.95. The van der Waals surface area contributed by atoms with Gasteiger partial charge in [-0.15, -0.1) is 0 Å². The highest BCUT2D eigenvalue weighted by Crippen LogP contribution is 2.43. The molecular formula is C22H43NO8PS+. The summed E-state index contributed by atoms with van der Waals surface area (Å²) in [5, 5.41) is 0. The first-order chi connectivity index (χ1) is 15.4. The number of allylic oxidation sites excluding steroid dienone is 2. The summed E-state index contributed by atoms with van der Waals surface area (Å²) < 4.78 is 32.5. The van der Waals surface area contributed by atoms with Crippen LogP contribution in [-0.4, -0.2) is 86.4 Å². The molecule has 0 amide bonds. The molecule has 0 aliphatic heterocycles. The Morgan fingerprint density at radius 3 is 2.39 bits per heavy atom. The summed E-state index contributed by atoms with van der Waals surface area (Å²) in [4.78, 5) is 33.0. The van der Waals surface area contributed by atoms with Crippen molar-refractivity contribution in [1.82, 2.24) is 0 Å². The molecule has 0 saturated carbocycles. The Morgan fingerprint density at radius 1 is 1.06 bits per heavy atom. The van der Waals surface area contributed by atoms with Crippen molar-refractivity contribution in [3.63, 3.8) is 0 Å². The van der Waals surface area contributed by atoms with E-state index in [-0.39, 0.29) is 19.0 Å². The lowest BCUT2D eigenvalue weighted by Gasteiger charge is -2.24. The largest absolute Gasteiger partial charge is 0.472 e. The Labute approximate surface area is 203 Å². The predicted molar refractivity (Wildman–Crippen MR) is 131 cm³/mol. The number of rotatable bonds is 20. The number of carbonyl (C=O) groups is 2. The second kappa shape index (κ2) is 18.4. The number of hydrogen-bond donors (Lipinski definition) is 1. The lowest BCUT2D eigenvalue weighted by atomic mass is 10.2. The van der Waals surface area contributed by atoms with E-state index in [2.05, 4.69) is 19.1 Å². The van der Waals surface area contributed by atoms with Gasteiger partial charge < -0.3 is 18.9 Å². The number of phosphoric ester groups is 1. The van der Waals surface area contributed by atoms with Crippen LogP contribution in [0, 0.1) is 0 Å². The van der Waals surface area contributed by atoms with Crippen molar-refractivity contribution in [1.29, 1.82) is 0 Å². The molecule has 2 atom stereocenters. The maximum absolute atomic E-state index is 12.0. The van der Waals surface area contributed by atoms with E-state index in [1.807, 2.05) is 21.1 Å². The average Bonchev–Trinajstić information content (AvgIpc) is 2.70. The van der Waals surface area contributed by atoms with Crippen LogP contribution in [0.2, 0.25) is 0 Å². The molecule has 0 aliphatic carbocycles. The molecule has 0 aromatic rings. The molecule has 194 valence electrons. The number of ether oxygens (including phenoxy) is 2. The van der Waals surface area contributed by atoms with Crippen molar-refractivity contribution in [2.24, 2.45) is 0 Å². The van der Waals surface area contributed by atoms with E-state index in [4.69, 9.17) is 18.5 Å². The topological polar surface area (TPSA) is 108 Å². The standard InChI is InChI=1S/C22H42NO8PS/c1-6-7-8-9-10-11-12-13-16-33-19-22(25)28-17-21(31-20(2)24)18-30-32(26,27)29-15-14-23(3,4)5/h8-9,21H,6-7,10-19H2,1-5H3/p+1/b9-8-. The van der Waals surface area contributed by atoms with Gasteiger partial charge in [-0.25, -0.2) is 4.57 Å². The number of esters is 2. The summed E-state index contributed by atoms with van der Waals surface area (Å²) in [5.74, 6) is 0.00236. The highest BCUT2D eigenvalue weighted by Gasteiger charge is 2.26. The quantitative estimate of drug-likeness (QED) is 0.0853. The molecule has 0 spiro atoms. The van der Waals surface area contributed by atoms with Crippen molar-refractivity contribution in [2.75, 3.05) is 59.0 Å². The van der Waals surface area contributed by atoms with Crippen LogP contribution in [-0.2, 0) is 32.7 Å². The Balaban J connectivity index is 4.12. The summed E-state index contributed by atoms with van der Waals surface area (Å²) in [6, 6.07) is 0. The van der Waals surface area contributed by atoms with Crippen LogP contribution in [0.4, 0.5) is 0 Å². The normalized spacial score (nSPS) is 14.7. The zero-order chi connectivity index (χ0) is 25.2. The van der Waals surface area contributed by atoms with Gasteiger partial charge in [-0.3, -0.25) is 18.6 Å². The molecule has 0 radical (unpaired) electrons. The van der Waals surface area contributed by atoms with Crippen LogP contribution >= 0.6 is 19.6 Å². The minimum Gasteiger partial charge on any atom is -0.461 e. The number of nitrogens with zero attached hydrogens (tertiary/aromatic N) is 1. The first kappa shape index (κ1) is 32.1. The number of quaternary nitrogens is 1. The highest BCUT2D eigenvalue weighted by molar-refractivity contribution is 7.99. The molecular weight excluding hydrogens is 469 g/mol. The fourth-order valence-corrected chi connectivity index (χ4v) is 3.97. The van der Waals surface area contributed by atoms with Crippen LogP contribution in [0.25, 0.3) is 0 Å². The van der Waals surface area contributed by atoms with Gasteiger partial charge in [0.1, 0.15) is 19.8 Å². The van der Waals surface area contributed by atoms with Crippen LogP contribution in [0.1, 0.15) is 52.4 Å². The fraction of sp³-hybridized carbons (Fsp3) is 0.818. The van der Waals surface area contributed by atoms with E-state index >= 15 is 0 Å². The molecule has 0 aliphatic rings. The van der Waals surface area contributed by atoms with Gasteiger partial charge in [-0.2, -0.15) is 11.8 Å².